The zero-order chi connectivity index (χ0) is 16.3. The molecule has 0 radical (unpaired) electrons. The number of piperazine rings is 1. The number of sulfone groups is 1. The zero-order valence-corrected chi connectivity index (χ0v) is 15.1. The fourth-order valence-electron chi connectivity index (χ4n) is 3.08. The lowest BCUT2D eigenvalue weighted by atomic mass is 10.0. The van der Waals surface area contributed by atoms with Gasteiger partial charge in [-0.05, 0) is 41.5 Å². The van der Waals surface area contributed by atoms with Crippen LogP contribution in [0.4, 0.5) is 0 Å². The number of nitrogens with one attached hydrogen (secondary N) is 3. The molecule has 3 atom stereocenters. The Labute approximate surface area is 142 Å². The summed E-state index contributed by atoms with van der Waals surface area (Å²) in [4.78, 5) is 0.374. The standard InChI is InChI=1S/C16H25N3O2S2/c1-23(20,21)14-4-2-13(3-5-14)15-9-17-10-16(19-15)18-8-12-6-7-22-11-12/h2-5,12,15-19H,6-11H2,1H3. The van der Waals surface area contributed by atoms with E-state index in [1.165, 1.54) is 24.2 Å². The Balaban J connectivity index is 1.57. The Kier molecular flexibility index (Phi) is 5.64. The van der Waals surface area contributed by atoms with Crippen molar-refractivity contribution >= 4 is 21.6 Å². The summed E-state index contributed by atoms with van der Waals surface area (Å²) in [6.07, 6.45) is 2.81. The topological polar surface area (TPSA) is 70.2 Å². The molecule has 1 aromatic rings. The van der Waals surface area contributed by atoms with E-state index in [4.69, 9.17) is 0 Å². The average Bonchev–Trinajstić information content (AvgIpc) is 3.06. The van der Waals surface area contributed by atoms with E-state index >= 15 is 0 Å². The molecule has 2 aliphatic rings. The van der Waals surface area contributed by atoms with Crippen molar-refractivity contribution in [3.05, 3.63) is 29.8 Å². The minimum atomic E-state index is -3.13. The van der Waals surface area contributed by atoms with Crippen LogP contribution in [0.5, 0.6) is 0 Å². The van der Waals surface area contributed by atoms with Crippen LogP contribution in [-0.4, -0.2) is 52.0 Å². The van der Waals surface area contributed by atoms with Crippen LogP contribution >= 0.6 is 11.8 Å². The lowest BCUT2D eigenvalue weighted by molar-refractivity contribution is 0.291. The van der Waals surface area contributed by atoms with Crippen molar-refractivity contribution in [2.24, 2.45) is 5.92 Å². The number of hydrogen-bond acceptors (Lipinski definition) is 6. The quantitative estimate of drug-likeness (QED) is 0.732. The molecule has 2 aliphatic heterocycles. The highest BCUT2D eigenvalue weighted by Crippen LogP contribution is 2.23. The van der Waals surface area contributed by atoms with Gasteiger partial charge in [0, 0.05) is 31.9 Å². The smallest absolute Gasteiger partial charge is 0.175 e. The molecule has 3 rings (SSSR count). The molecule has 0 aromatic heterocycles. The summed E-state index contributed by atoms with van der Waals surface area (Å²) in [5.74, 6) is 3.35. The van der Waals surface area contributed by atoms with Gasteiger partial charge in [-0.25, -0.2) is 8.42 Å². The minimum Gasteiger partial charge on any atom is -0.312 e. The summed E-state index contributed by atoms with van der Waals surface area (Å²) < 4.78 is 23.1. The van der Waals surface area contributed by atoms with E-state index in [0.29, 0.717) is 4.90 Å². The third-order valence-corrected chi connectivity index (χ3v) is 6.85. The van der Waals surface area contributed by atoms with Gasteiger partial charge in [0.05, 0.1) is 11.1 Å². The van der Waals surface area contributed by atoms with Crippen molar-refractivity contribution in [3.63, 3.8) is 0 Å². The molecule has 7 heteroatoms. The summed E-state index contributed by atoms with van der Waals surface area (Å²) in [5, 5.41) is 10.7. The third kappa shape index (κ3) is 4.70. The summed E-state index contributed by atoms with van der Waals surface area (Å²) in [5.41, 5.74) is 1.12. The van der Waals surface area contributed by atoms with Gasteiger partial charge in [-0.3, -0.25) is 5.32 Å². The van der Waals surface area contributed by atoms with Crippen molar-refractivity contribution in [2.75, 3.05) is 37.4 Å². The first kappa shape index (κ1) is 17.2. The van der Waals surface area contributed by atoms with Crippen molar-refractivity contribution in [1.82, 2.24) is 16.0 Å². The molecule has 0 aliphatic carbocycles. The lowest BCUT2D eigenvalue weighted by Crippen LogP contribution is -2.57. The zero-order valence-electron chi connectivity index (χ0n) is 13.4. The van der Waals surface area contributed by atoms with Crippen molar-refractivity contribution < 1.29 is 8.42 Å². The normalized spacial score (nSPS) is 28.8. The van der Waals surface area contributed by atoms with Crippen molar-refractivity contribution in [2.45, 2.75) is 23.5 Å². The number of hydrogen-bond donors (Lipinski definition) is 3. The second-order valence-corrected chi connectivity index (χ2v) is 9.57. The van der Waals surface area contributed by atoms with Gasteiger partial charge < -0.3 is 10.6 Å². The number of rotatable bonds is 5. The maximum Gasteiger partial charge on any atom is 0.175 e. The number of thioether (sulfide) groups is 1. The van der Waals surface area contributed by atoms with Gasteiger partial charge in [0.25, 0.3) is 0 Å². The van der Waals surface area contributed by atoms with Crippen LogP contribution in [0.3, 0.4) is 0 Å². The first-order chi connectivity index (χ1) is 11.0. The van der Waals surface area contributed by atoms with E-state index in [1.807, 2.05) is 23.9 Å². The summed E-state index contributed by atoms with van der Waals surface area (Å²) in [6.45, 7) is 2.83. The molecule has 0 spiro atoms. The monoisotopic (exact) mass is 355 g/mol. The Morgan fingerprint density at radius 2 is 2.04 bits per heavy atom. The van der Waals surface area contributed by atoms with E-state index in [9.17, 15) is 8.42 Å². The maximum atomic E-state index is 11.5. The molecule has 0 bridgehead atoms. The predicted octanol–water partition coefficient (Wildman–Crippen LogP) is 0.993. The Morgan fingerprint density at radius 3 is 2.70 bits per heavy atom. The number of benzene rings is 1. The van der Waals surface area contributed by atoms with Crippen LogP contribution < -0.4 is 16.0 Å². The third-order valence-electron chi connectivity index (χ3n) is 4.49. The highest BCUT2D eigenvalue weighted by Gasteiger charge is 2.23. The van der Waals surface area contributed by atoms with Gasteiger partial charge in [0.1, 0.15) is 0 Å². The van der Waals surface area contributed by atoms with E-state index in [-0.39, 0.29) is 12.2 Å². The maximum absolute atomic E-state index is 11.5. The van der Waals surface area contributed by atoms with E-state index in [2.05, 4.69) is 16.0 Å². The second kappa shape index (κ2) is 7.53. The van der Waals surface area contributed by atoms with Crippen LogP contribution in [-0.2, 0) is 9.84 Å². The van der Waals surface area contributed by atoms with Crippen molar-refractivity contribution in [3.8, 4) is 0 Å². The second-order valence-electron chi connectivity index (χ2n) is 6.41. The summed E-state index contributed by atoms with van der Waals surface area (Å²) in [6, 6.07) is 7.41. The molecule has 5 nitrogen and oxygen atoms in total. The summed E-state index contributed by atoms with van der Waals surface area (Å²) >= 11 is 2.04. The van der Waals surface area contributed by atoms with Gasteiger partial charge >= 0.3 is 0 Å². The van der Waals surface area contributed by atoms with E-state index in [1.54, 1.807) is 12.1 Å². The molecule has 2 fully saturated rings. The molecule has 2 heterocycles. The summed E-state index contributed by atoms with van der Waals surface area (Å²) in [7, 11) is -3.13. The van der Waals surface area contributed by atoms with E-state index < -0.39 is 9.84 Å². The van der Waals surface area contributed by atoms with Crippen molar-refractivity contribution in [1.29, 1.82) is 0 Å². The first-order valence-electron chi connectivity index (χ1n) is 8.10. The molecule has 128 valence electrons. The van der Waals surface area contributed by atoms with Crippen LogP contribution in [0.25, 0.3) is 0 Å². The van der Waals surface area contributed by atoms with Gasteiger partial charge in [-0.1, -0.05) is 12.1 Å². The fourth-order valence-corrected chi connectivity index (χ4v) is 4.99. The SMILES string of the molecule is CS(=O)(=O)c1ccc(C2CNCC(NCC3CCSC3)N2)cc1. The predicted molar refractivity (Wildman–Crippen MR) is 95.5 cm³/mol. The molecule has 3 unspecified atom stereocenters. The van der Waals surface area contributed by atoms with Crippen LogP contribution in [0.1, 0.15) is 18.0 Å². The van der Waals surface area contributed by atoms with Gasteiger partial charge in [-0.2, -0.15) is 11.8 Å². The van der Waals surface area contributed by atoms with Gasteiger partial charge in [0.2, 0.25) is 0 Å². The first-order valence-corrected chi connectivity index (χ1v) is 11.1. The Bertz CT molecular complexity index is 613. The fraction of sp³-hybridized carbons (Fsp3) is 0.625. The molecule has 3 N–H and O–H groups in total. The molecule has 2 saturated heterocycles. The molecule has 23 heavy (non-hydrogen) atoms. The van der Waals surface area contributed by atoms with Crippen LogP contribution in [0.2, 0.25) is 0 Å². The van der Waals surface area contributed by atoms with Gasteiger partial charge in [-0.15, -0.1) is 0 Å². The van der Waals surface area contributed by atoms with Crippen LogP contribution in [0.15, 0.2) is 29.2 Å². The molecular formula is C16H25N3O2S2. The Hall–Kier alpha value is -0.600. The molecule has 0 saturated carbocycles. The van der Waals surface area contributed by atoms with Gasteiger partial charge in [0.15, 0.2) is 9.84 Å². The largest absolute Gasteiger partial charge is 0.312 e. The minimum absolute atomic E-state index is 0.202. The molecule has 0 amide bonds. The van der Waals surface area contributed by atoms with E-state index in [0.717, 1.165) is 31.1 Å². The molecule has 1 aromatic carbocycles. The average molecular weight is 356 g/mol. The highest BCUT2D eigenvalue weighted by molar-refractivity contribution is 7.99. The lowest BCUT2D eigenvalue weighted by Gasteiger charge is -2.33. The Morgan fingerprint density at radius 1 is 1.26 bits per heavy atom. The highest BCUT2D eigenvalue weighted by atomic mass is 32.2. The molecular weight excluding hydrogens is 330 g/mol. The van der Waals surface area contributed by atoms with Crippen LogP contribution in [0, 0.1) is 5.92 Å².